The Labute approximate surface area is 182 Å². The third-order valence-electron chi connectivity index (χ3n) is 4.63. The summed E-state index contributed by atoms with van der Waals surface area (Å²) < 4.78 is 20.6. The number of nitrogens with zero attached hydrogens (tertiary/aromatic N) is 3. The van der Waals surface area contributed by atoms with Crippen LogP contribution in [0.3, 0.4) is 0 Å². The van der Waals surface area contributed by atoms with Gasteiger partial charge in [-0.05, 0) is 55.8 Å². The molecule has 0 aliphatic carbocycles. The van der Waals surface area contributed by atoms with Crippen molar-refractivity contribution >= 4 is 33.1 Å². The summed E-state index contributed by atoms with van der Waals surface area (Å²) in [6.45, 7) is 2.32. The standard InChI is InChI=1S/C23H19FN4O2S/c1-15-20-14-21(31-23(20)28(27-15)18-9-7-16(24)8-10-18)22(29)26-17-5-4-6-19(13-17)30-12-3-2-11-25/h4-10,13-14H,2-3,12H2,1H3,(H,26,29). The van der Waals surface area contributed by atoms with Crippen molar-refractivity contribution in [3.8, 4) is 17.5 Å². The lowest BCUT2D eigenvalue weighted by atomic mass is 10.2. The number of ether oxygens (including phenoxy) is 1. The highest BCUT2D eigenvalue weighted by Gasteiger charge is 2.17. The second kappa shape index (κ2) is 8.98. The number of fused-ring (bicyclic) bond motifs is 1. The van der Waals surface area contributed by atoms with E-state index in [-0.39, 0.29) is 11.7 Å². The molecule has 0 saturated heterocycles. The highest BCUT2D eigenvalue weighted by atomic mass is 32.1. The van der Waals surface area contributed by atoms with Crippen LogP contribution in [0.1, 0.15) is 28.2 Å². The molecule has 1 amide bonds. The van der Waals surface area contributed by atoms with Gasteiger partial charge in [-0.1, -0.05) is 6.07 Å². The molecular weight excluding hydrogens is 415 g/mol. The van der Waals surface area contributed by atoms with Crippen LogP contribution in [-0.4, -0.2) is 22.3 Å². The molecule has 0 aliphatic heterocycles. The van der Waals surface area contributed by atoms with E-state index in [1.54, 1.807) is 35.0 Å². The first-order valence-electron chi connectivity index (χ1n) is 9.71. The van der Waals surface area contributed by atoms with Crippen LogP contribution in [-0.2, 0) is 0 Å². The maximum absolute atomic E-state index is 13.3. The molecule has 2 aromatic heterocycles. The smallest absolute Gasteiger partial charge is 0.265 e. The summed E-state index contributed by atoms with van der Waals surface area (Å²) in [5.74, 6) is 0.0918. The quantitative estimate of drug-likeness (QED) is 0.391. The minimum Gasteiger partial charge on any atom is -0.493 e. The van der Waals surface area contributed by atoms with Gasteiger partial charge in [0.25, 0.3) is 5.91 Å². The van der Waals surface area contributed by atoms with Gasteiger partial charge in [0.1, 0.15) is 16.4 Å². The number of anilines is 1. The zero-order chi connectivity index (χ0) is 21.8. The number of nitriles is 1. The van der Waals surface area contributed by atoms with Crippen LogP contribution in [0, 0.1) is 24.1 Å². The Balaban J connectivity index is 1.53. The SMILES string of the molecule is Cc1nn(-c2ccc(F)cc2)c2sc(C(=O)Nc3cccc(OCCCC#N)c3)cc12. The van der Waals surface area contributed by atoms with E-state index in [1.807, 2.05) is 19.1 Å². The molecule has 31 heavy (non-hydrogen) atoms. The van der Waals surface area contributed by atoms with Crippen molar-refractivity contribution in [3.63, 3.8) is 0 Å². The van der Waals surface area contributed by atoms with E-state index < -0.39 is 0 Å². The van der Waals surface area contributed by atoms with Gasteiger partial charge >= 0.3 is 0 Å². The number of amides is 1. The Bertz CT molecular complexity index is 1270. The first-order valence-corrected chi connectivity index (χ1v) is 10.5. The van der Waals surface area contributed by atoms with Gasteiger partial charge in [-0.2, -0.15) is 10.4 Å². The average molecular weight is 434 g/mol. The summed E-state index contributed by atoms with van der Waals surface area (Å²) in [7, 11) is 0. The van der Waals surface area contributed by atoms with Crippen LogP contribution < -0.4 is 10.1 Å². The minimum absolute atomic E-state index is 0.229. The van der Waals surface area contributed by atoms with Gasteiger partial charge in [0, 0.05) is 23.6 Å². The largest absolute Gasteiger partial charge is 0.493 e. The molecule has 0 aliphatic rings. The molecule has 156 valence electrons. The number of rotatable bonds is 7. The second-order valence-corrected chi connectivity index (χ2v) is 7.93. The minimum atomic E-state index is -0.314. The van der Waals surface area contributed by atoms with E-state index in [0.717, 1.165) is 21.6 Å². The van der Waals surface area contributed by atoms with Crippen molar-refractivity contribution in [3.05, 3.63) is 71.0 Å². The summed E-state index contributed by atoms with van der Waals surface area (Å²) in [5, 5.41) is 16.9. The van der Waals surface area contributed by atoms with Gasteiger partial charge in [0.15, 0.2) is 0 Å². The lowest BCUT2D eigenvalue weighted by molar-refractivity contribution is 0.103. The van der Waals surface area contributed by atoms with E-state index in [2.05, 4.69) is 16.5 Å². The van der Waals surface area contributed by atoms with E-state index in [4.69, 9.17) is 10.00 Å². The molecule has 0 unspecified atom stereocenters. The lowest BCUT2D eigenvalue weighted by Gasteiger charge is -2.08. The number of aromatic nitrogens is 2. The molecule has 0 bridgehead atoms. The highest BCUT2D eigenvalue weighted by molar-refractivity contribution is 7.20. The summed E-state index contributed by atoms with van der Waals surface area (Å²) in [4.78, 5) is 14.2. The van der Waals surface area contributed by atoms with Crippen LogP contribution in [0.25, 0.3) is 15.9 Å². The summed E-state index contributed by atoms with van der Waals surface area (Å²) in [6, 6.07) is 17.1. The number of unbranched alkanes of at least 4 members (excludes halogenated alkanes) is 1. The molecular formula is C23H19FN4O2S. The predicted octanol–water partition coefficient (Wildman–Crippen LogP) is 5.47. The summed E-state index contributed by atoms with van der Waals surface area (Å²) in [5.41, 5.74) is 2.15. The molecule has 2 heterocycles. The Hall–Kier alpha value is -3.70. The molecule has 0 fully saturated rings. The molecule has 0 saturated carbocycles. The van der Waals surface area contributed by atoms with Crippen molar-refractivity contribution in [2.45, 2.75) is 19.8 Å². The molecule has 4 aromatic rings. The van der Waals surface area contributed by atoms with Gasteiger partial charge in [0.2, 0.25) is 0 Å². The van der Waals surface area contributed by atoms with Crippen LogP contribution in [0.2, 0.25) is 0 Å². The zero-order valence-corrected chi connectivity index (χ0v) is 17.6. The number of thiophene rings is 1. The molecule has 0 radical (unpaired) electrons. The third kappa shape index (κ3) is 4.57. The van der Waals surface area contributed by atoms with E-state index in [1.165, 1.54) is 23.5 Å². The van der Waals surface area contributed by atoms with Gasteiger partial charge < -0.3 is 10.1 Å². The van der Waals surface area contributed by atoms with Crippen molar-refractivity contribution < 1.29 is 13.9 Å². The Morgan fingerprint density at radius 2 is 2.06 bits per heavy atom. The maximum atomic E-state index is 13.3. The fraction of sp³-hybridized carbons (Fsp3) is 0.174. The van der Waals surface area contributed by atoms with Crippen molar-refractivity contribution in [1.29, 1.82) is 5.26 Å². The first kappa shape index (κ1) is 20.6. The van der Waals surface area contributed by atoms with E-state index >= 15 is 0 Å². The number of aryl methyl sites for hydroxylation is 1. The fourth-order valence-corrected chi connectivity index (χ4v) is 4.19. The van der Waals surface area contributed by atoms with Gasteiger partial charge in [-0.15, -0.1) is 11.3 Å². The molecule has 8 heteroatoms. The van der Waals surface area contributed by atoms with Crippen LogP contribution >= 0.6 is 11.3 Å². The highest BCUT2D eigenvalue weighted by Crippen LogP contribution is 2.31. The Morgan fingerprint density at radius 3 is 2.84 bits per heavy atom. The van der Waals surface area contributed by atoms with Crippen molar-refractivity contribution in [2.24, 2.45) is 0 Å². The first-order chi connectivity index (χ1) is 15.0. The van der Waals surface area contributed by atoms with Crippen molar-refractivity contribution in [2.75, 3.05) is 11.9 Å². The molecule has 0 atom stereocenters. The van der Waals surface area contributed by atoms with Crippen LogP contribution in [0.5, 0.6) is 5.75 Å². The maximum Gasteiger partial charge on any atom is 0.265 e. The fourth-order valence-electron chi connectivity index (χ4n) is 3.11. The summed E-state index contributed by atoms with van der Waals surface area (Å²) >= 11 is 1.33. The Kier molecular flexibility index (Phi) is 5.96. The van der Waals surface area contributed by atoms with Gasteiger partial charge in [-0.3, -0.25) is 4.79 Å². The monoisotopic (exact) mass is 434 g/mol. The molecule has 4 rings (SSSR count). The van der Waals surface area contributed by atoms with Crippen molar-refractivity contribution in [1.82, 2.24) is 9.78 Å². The number of hydrogen-bond donors (Lipinski definition) is 1. The van der Waals surface area contributed by atoms with E-state index in [0.29, 0.717) is 35.8 Å². The zero-order valence-electron chi connectivity index (χ0n) is 16.8. The molecule has 0 spiro atoms. The number of hydrogen-bond acceptors (Lipinski definition) is 5. The average Bonchev–Trinajstić information content (AvgIpc) is 3.33. The van der Waals surface area contributed by atoms with Gasteiger partial charge in [-0.25, -0.2) is 9.07 Å². The Morgan fingerprint density at radius 1 is 1.26 bits per heavy atom. The number of nitrogens with one attached hydrogen (secondary N) is 1. The number of carbonyl (C=O) groups is 1. The number of halogens is 1. The summed E-state index contributed by atoms with van der Waals surface area (Å²) in [6.07, 6.45) is 1.09. The predicted molar refractivity (Wildman–Crippen MR) is 118 cm³/mol. The molecule has 2 aromatic carbocycles. The molecule has 1 N–H and O–H groups in total. The normalized spacial score (nSPS) is 10.7. The topological polar surface area (TPSA) is 79.9 Å². The van der Waals surface area contributed by atoms with E-state index in [9.17, 15) is 9.18 Å². The van der Waals surface area contributed by atoms with Crippen LogP contribution in [0.15, 0.2) is 54.6 Å². The third-order valence-corrected chi connectivity index (χ3v) is 5.74. The lowest BCUT2D eigenvalue weighted by Crippen LogP contribution is -2.10. The number of benzene rings is 2. The number of carbonyl (C=O) groups excluding carboxylic acids is 1. The second-order valence-electron chi connectivity index (χ2n) is 6.90. The van der Waals surface area contributed by atoms with Crippen LogP contribution in [0.4, 0.5) is 10.1 Å². The van der Waals surface area contributed by atoms with Gasteiger partial charge in [0.05, 0.1) is 28.9 Å². The molecule has 6 nitrogen and oxygen atoms in total.